The molecule has 2 heterocycles. The first-order valence-corrected chi connectivity index (χ1v) is 8.13. The first-order chi connectivity index (χ1) is 12.1. The standard InChI is InChI=1S/C18H21N5O2/c1-13-11-20-23(12-13)9-8-19-17(15-6-4-3-5-7-15)18(24)21-16-10-14(2)25-22-16/h3-7,10-12,17,19H,8-9H2,1-2H3,(H,21,22,24)/t17-/m1/s1. The van der Waals surface area contributed by atoms with Gasteiger partial charge < -0.3 is 15.2 Å². The summed E-state index contributed by atoms with van der Waals surface area (Å²) in [5, 5.41) is 14.1. The van der Waals surface area contributed by atoms with Crippen molar-refractivity contribution >= 4 is 11.7 Å². The summed E-state index contributed by atoms with van der Waals surface area (Å²) in [6.45, 7) is 5.05. The minimum atomic E-state index is -0.491. The largest absolute Gasteiger partial charge is 0.360 e. The Bertz CT molecular complexity index is 825. The average molecular weight is 339 g/mol. The molecular weight excluding hydrogens is 318 g/mol. The summed E-state index contributed by atoms with van der Waals surface area (Å²) in [6.07, 6.45) is 3.78. The molecule has 0 radical (unpaired) electrons. The van der Waals surface area contributed by atoms with Crippen LogP contribution in [0.4, 0.5) is 5.82 Å². The molecule has 1 aromatic carbocycles. The van der Waals surface area contributed by atoms with Gasteiger partial charge in [0.25, 0.3) is 0 Å². The first kappa shape index (κ1) is 16.9. The van der Waals surface area contributed by atoms with Crippen LogP contribution >= 0.6 is 0 Å². The molecule has 0 fully saturated rings. The van der Waals surface area contributed by atoms with Crippen LogP contribution in [0.2, 0.25) is 0 Å². The van der Waals surface area contributed by atoms with E-state index in [0.717, 1.165) is 11.1 Å². The molecule has 0 spiro atoms. The second-order valence-electron chi connectivity index (χ2n) is 5.89. The molecule has 7 nitrogen and oxygen atoms in total. The van der Waals surface area contributed by atoms with Crippen molar-refractivity contribution in [2.75, 3.05) is 11.9 Å². The topological polar surface area (TPSA) is 85.0 Å². The summed E-state index contributed by atoms with van der Waals surface area (Å²) >= 11 is 0. The Morgan fingerprint density at radius 2 is 2.08 bits per heavy atom. The number of hydrogen-bond acceptors (Lipinski definition) is 5. The van der Waals surface area contributed by atoms with E-state index in [9.17, 15) is 4.79 Å². The maximum Gasteiger partial charge on any atom is 0.247 e. The van der Waals surface area contributed by atoms with Gasteiger partial charge in [0.15, 0.2) is 5.82 Å². The lowest BCUT2D eigenvalue weighted by Gasteiger charge is -2.18. The molecule has 2 N–H and O–H groups in total. The number of rotatable bonds is 7. The normalized spacial score (nSPS) is 12.1. The van der Waals surface area contributed by atoms with Crippen LogP contribution in [0.3, 0.4) is 0 Å². The van der Waals surface area contributed by atoms with Crippen molar-refractivity contribution < 1.29 is 9.32 Å². The van der Waals surface area contributed by atoms with Crippen LogP contribution < -0.4 is 10.6 Å². The monoisotopic (exact) mass is 339 g/mol. The first-order valence-electron chi connectivity index (χ1n) is 8.13. The van der Waals surface area contributed by atoms with E-state index in [4.69, 9.17) is 4.52 Å². The van der Waals surface area contributed by atoms with Crippen LogP contribution in [0.15, 0.2) is 53.3 Å². The van der Waals surface area contributed by atoms with E-state index in [0.29, 0.717) is 24.7 Å². The van der Waals surface area contributed by atoms with Crippen molar-refractivity contribution in [3.63, 3.8) is 0 Å². The molecule has 0 bridgehead atoms. The number of aryl methyl sites for hydroxylation is 2. The van der Waals surface area contributed by atoms with Crippen LogP contribution in [-0.2, 0) is 11.3 Å². The Kier molecular flexibility index (Phi) is 5.25. The van der Waals surface area contributed by atoms with E-state index < -0.39 is 6.04 Å². The summed E-state index contributed by atoms with van der Waals surface area (Å²) in [6, 6.07) is 10.8. The highest BCUT2D eigenvalue weighted by atomic mass is 16.5. The van der Waals surface area contributed by atoms with Crippen molar-refractivity contribution in [2.45, 2.75) is 26.4 Å². The van der Waals surface area contributed by atoms with Gasteiger partial charge in [-0.2, -0.15) is 5.10 Å². The number of aromatic nitrogens is 3. The minimum Gasteiger partial charge on any atom is -0.360 e. The fourth-order valence-electron chi connectivity index (χ4n) is 2.54. The number of hydrogen-bond donors (Lipinski definition) is 2. The number of amides is 1. The molecule has 0 aliphatic carbocycles. The van der Waals surface area contributed by atoms with Gasteiger partial charge in [0, 0.05) is 18.8 Å². The fraction of sp³-hybridized carbons (Fsp3) is 0.278. The quantitative estimate of drug-likeness (QED) is 0.691. The molecule has 0 aliphatic heterocycles. The molecular formula is C18H21N5O2. The molecule has 1 amide bonds. The Morgan fingerprint density at radius 1 is 1.28 bits per heavy atom. The van der Waals surface area contributed by atoms with Gasteiger partial charge in [-0.25, -0.2) is 0 Å². The number of nitrogens with one attached hydrogen (secondary N) is 2. The zero-order valence-corrected chi connectivity index (χ0v) is 14.3. The predicted octanol–water partition coefficient (Wildman–Crippen LogP) is 2.46. The second-order valence-corrected chi connectivity index (χ2v) is 5.89. The van der Waals surface area contributed by atoms with Gasteiger partial charge in [-0.15, -0.1) is 0 Å². The smallest absolute Gasteiger partial charge is 0.247 e. The van der Waals surface area contributed by atoms with Gasteiger partial charge in [-0.05, 0) is 25.0 Å². The van der Waals surface area contributed by atoms with Crippen LogP contribution in [-0.4, -0.2) is 27.4 Å². The van der Waals surface area contributed by atoms with Gasteiger partial charge in [-0.3, -0.25) is 9.48 Å². The summed E-state index contributed by atoms with van der Waals surface area (Å²) in [4.78, 5) is 12.7. The van der Waals surface area contributed by atoms with E-state index in [1.54, 1.807) is 13.0 Å². The Labute approximate surface area is 146 Å². The molecule has 130 valence electrons. The molecule has 25 heavy (non-hydrogen) atoms. The van der Waals surface area contributed by atoms with Crippen LogP contribution in [0.5, 0.6) is 0 Å². The van der Waals surface area contributed by atoms with Gasteiger partial charge in [0.1, 0.15) is 11.8 Å². The molecule has 0 saturated carbocycles. The van der Waals surface area contributed by atoms with Crippen molar-refractivity contribution in [3.8, 4) is 0 Å². The molecule has 0 unspecified atom stereocenters. The maximum absolute atomic E-state index is 12.7. The third-order valence-corrected chi connectivity index (χ3v) is 3.73. The highest BCUT2D eigenvalue weighted by molar-refractivity contribution is 5.94. The van der Waals surface area contributed by atoms with Crippen LogP contribution in [0, 0.1) is 13.8 Å². The summed E-state index contributed by atoms with van der Waals surface area (Å²) in [5.41, 5.74) is 2.00. The summed E-state index contributed by atoms with van der Waals surface area (Å²) < 4.78 is 6.85. The molecule has 0 saturated heterocycles. The van der Waals surface area contributed by atoms with Gasteiger partial charge in [0.05, 0.1) is 12.7 Å². The predicted molar refractivity (Wildman–Crippen MR) is 94.0 cm³/mol. The number of benzene rings is 1. The minimum absolute atomic E-state index is 0.184. The van der Waals surface area contributed by atoms with E-state index in [1.807, 2.05) is 54.3 Å². The molecule has 1 atom stereocenters. The number of anilines is 1. The number of nitrogens with zero attached hydrogens (tertiary/aromatic N) is 3. The molecule has 3 aromatic rings. The summed E-state index contributed by atoms with van der Waals surface area (Å²) in [5.74, 6) is 0.873. The van der Waals surface area contributed by atoms with Crippen molar-refractivity contribution in [1.82, 2.24) is 20.3 Å². The second kappa shape index (κ2) is 7.76. The highest BCUT2D eigenvalue weighted by Gasteiger charge is 2.21. The molecule has 0 aliphatic rings. The lowest BCUT2D eigenvalue weighted by atomic mass is 10.1. The lowest BCUT2D eigenvalue weighted by Crippen LogP contribution is -2.35. The molecule has 2 aromatic heterocycles. The van der Waals surface area contributed by atoms with Gasteiger partial charge >= 0.3 is 0 Å². The van der Waals surface area contributed by atoms with Crippen LogP contribution in [0.25, 0.3) is 0 Å². The summed E-state index contributed by atoms with van der Waals surface area (Å²) in [7, 11) is 0. The Morgan fingerprint density at radius 3 is 2.72 bits per heavy atom. The van der Waals surface area contributed by atoms with E-state index >= 15 is 0 Å². The highest BCUT2D eigenvalue weighted by Crippen LogP contribution is 2.16. The third kappa shape index (κ3) is 4.54. The van der Waals surface area contributed by atoms with E-state index in [1.165, 1.54) is 0 Å². The third-order valence-electron chi connectivity index (χ3n) is 3.73. The molecule has 3 rings (SSSR count). The average Bonchev–Trinajstić information content (AvgIpc) is 3.20. The SMILES string of the molecule is Cc1cnn(CCN[C@@H](C(=O)Nc2cc(C)on2)c2ccccc2)c1. The van der Waals surface area contributed by atoms with Crippen molar-refractivity contribution in [1.29, 1.82) is 0 Å². The molecule has 7 heteroatoms. The van der Waals surface area contributed by atoms with Gasteiger partial charge in [0.2, 0.25) is 5.91 Å². The van der Waals surface area contributed by atoms with E-state index in [2.05, 4.69) is 20.9 Å². The van der Waals surface area contributed by atoms with Gasteiger partial charge in [-0.1, -0.05) is 35.5 Å². The number of carbonyl (C=O) groups is 1. The zero-order chi connectivity index (χ0) is 17.6. The Balaban J connectivity index is 1.67. The zero-order valence-electron chi connectivity index (χ0n) is 14.3. The maximum atomic E-state index is 12.7. The lowest BCUT2D eigenvalue weighted by molar-refractivity contribution is -0.118. The Hall–Kier alpha value is -2.93. The number of carbonyl (C=O) groups excluding carboxylic acids is 1. The van der Waals surface area contributed by atoms with Crippen molar-refractivity contribution in [2.24, 2.45) is 0 Å². The van der Waals surface area contributed by atoms with Crippen molar-refractivity contribution in [3.05, 3.63) is 65.7 Å². The fourth-order valence-corrected chi connectivity index (χ4v) is 2.54. The van der Waals surface area contributed by atoms with Crippen LogP contribution in [0.1, 0.15) is 22.9 Å². The van der Waals surface area contributed by atoms with E-state index in [-0.39, 0.29) is 5.91 Å².